The van der Waals surface area contributed by atoms with E-state index in [9.17, 15) is 9.90 Å². The van der Waals surface area contributed by atoms with Crippen molar-refractivity contribution in [3.63, 3.8) is 0 Å². The van der Waals surface area contributed by atoms with Gasteiger partial charge < -0.3 is 5.11 Å². The molecular formula is C11H18O2. The first-order chi connectivity index (χ1) is 6.22. The van der Waals surface area contributed by atoms with E-state index in [0.29, 0.717) is 24.0 Å². The molecule has 4 atom stereocenters. The molecule has 0 aliphatic heterocycles. The summed E-state index contributed by atoms with van der Waals surface area (Å²) in [6.45, 7) is 2.15. The molecular weight excluding hydrogens is 164 g/mol. The molecule has 2 rings (SSSR count). The van der Waals surface area contributed by atoms with Gasteiger partial charge in [-0.2, -0.15) is 0 Å². The van der Waals surface area contributed by atoms with Gasteiger partial charge >= 0.3 is 0 Å². The Hall–Kier alpha value is -0.370. The second-order valence-corrected chi connectivity index (χ2v) is 4.59. The number of aliphatic hydroxyl groups excluding tert-OH is 1. The molecule has 2 fully saturated rings. The molecule has 0 unspecified atom stereocenters. The average Bonchev–Trinajstić information content (AvgIpc) is 2.48. The molecule has 0 bridgehead atoms. The lowest BCUT2D eigenvalue weighted by Gasteiger charge is -2.34. The van der Waals surface area contributed by atoms with E-state index in [1.165, 1.54) is 0 Å². The van der Waals surface area contributed by atoms with Gasteiger partial charge in [-0.15, -0.1) is 0 Å². The molecule has 2 aliphatic rings. The third-order valence-electron chi connectivity index (χ3n) is 3.89. The predicted octanol–water partition coefficient (Wildman–Crippen LogP) is 1.76. The molecule has 2 saturated carbocycles. The minimum atomic E-state index is -0.199. The van der Waals surface area contributed by atoms with Gasteiger partial charge in [0.05, 0.1) is 6.10 Å². The zero-order chi connectivity index (χ0) is 9.42. The van der Waals surface area contributed by atoms with Crippen molar-refractivity contribution in [3.05, 3.63) is 0 Å². The molecule has 0 radical (unpaired) electrons. The van der Waals surface area contributed by atoms with Crippen molar-refractivity contribution in [3.8, 4) is 0 Å². The third-order valence-corrected chi connectivity index (χ3v) is 3.89. The molecule has 13 heavy (non-hydrogen) atoms. The summed E-state index contributed by atoms with van der Waals surface area (Å²) in [7, 11) is 0. The van der Waals surface area contributed by atoms with Gasteiger partial charge in [0, 0.05) is 12.3 Å². The highest BCUT2D eigenvalue weighted by molar-refractivity contribution is 5.83. The van der Waals surface area contributed by atoms with Gasteiger partial charge in [0.2, 0.25) is 0 Å². The molecule has 0 aromatic carbocycles. The molecule has 0 aromatic heterocycles. The second kappa shape index (κ2) is 3.41. The molecule has 2 heteroatoms. The van der Waals surface area contributed by atoms with Gasteiger partial charge in [-0.3, -0.25) is 4.79 Å². The van der Waals surface area contributed by atoms with Gasteiger partial charge in [0.1, 0.15) is 5.78 Å². The standard InChI is InChI=1S/C11H18O2/c1-2-7-5-9-8(11(13)6-7)3-4-10(9)12/h7-9,11,13H,2-6H2,1H3/t7-,8+,9+,11-/m1/s1. The summed E-state index contributed by atoms with van der Waals surface area (Å²) in [6, 6.07) is 0. The Morgan fingerprint density at radius 2 is 2.23 bits per heavy atom. The van der Waals surface area contributed by atoms with Crippen molar-refractivity contribution >= 4 is 5.78 Å². The highest BCUT2D eigenvalue weighted by Crippen LogP contribution is 2.43. The summed E-state index contributed by atoms with van der Waals surface area (Å²) in [5, 5.41) is 9.85. The number of ketones is 1. The molecule has 74 valence electrons. The van der Waals surface area contributed by atoms with Crippen LogP contribution in [0.1, 0.15) is 39.0 Å². The highest BCUT2D eigenvalue weighted by Gasteiger charge is 2.43. The SMILES string of the molecule is CC[C@H]1C[C@@H](O)[C@H]2CCC(=O)[C@H]2C1. The van der Waals surface area contributed by atoms with E-state index in [1.54, 1.807) is 0 Å². The lowest BCUT2D eigenvalue weighted by Crippen LogP contribution is -2.35. The van der Waals surface area contributed by atoms with Gasteiger partial charge in [0.25, 0.3) is 0 Å². The summed E-state index contributed by atoms with van der Waals surface area (Å²) in [5.74, 6) is 1.49. The number of rotatable bonds is 1. The van der Waals surface area contributed by atoms with E-state index in [2.05, 4.69) is 6.92 Å². The van der Waals surface area contributed by atoms with Crippen molar-refractivity contribution in [1.29, 1.82) is 0 Å². The molecule has 1 N–H and O–H groups in total. The summed E-state index contributed by atoms with van der Waals surface area (Å²) in [6.07, 6.45) is 4.51. The summed E-state index contributed by atoms with van der Waals surface area (Å²) >= 11 is 0. The third kappa shape index (κ3) is 1.52. The zero-order valence-corrected chi connectivity index (χ0v) is 8.20. The quantitative estimate of drug-likeness (QED) is 0.671. The number of hydrogen-bond donors (Lipinski definition) is 1. The van der Waals surface area contributed by atoms with Gasteiger partial charge in [-0.1, -0.05) is 13.3 Å². The van der Waals surface area contributed by atoms with Crippen LogP contribution < -0.4 is 0 Å². The first-order valence-electron chi connectivity index (χ1n) is 5.43. The van der Waals surface area contributed by atoms with Crippen LogP contribution >= 0.6 is 0 Å². The molecule has 2 aliphatic carbocycles. The Bertz CT molecular complexity index is 212. The Balaban J connectivity index is 2.09. The maximum atomic E-state index is 11.5. The number of Topliss-reactive ketones (excluding diaryl/α,β-unsaturated/α-hetero) is 1. The van der Waals surface area contributed by atoms with E-state index in [1.807, 2.05) is 0 Å². The Kier molecular flexibility index (Phi) is 2.41. The van der Waals surface area contributed by atoms with Gasteiger partial charge in [0.15, 0.2) is 0 Å². The van der Waals surface area contributed by atoms with Crippen molar-refractivity contribution < 1.29 is 9.90 Å². The van der Waals surface area contributed by atoms with Gasteiger partial charge in [-0.05, 0) is 31.1 Å². The fourth-order valence-corrected chi connectivity index (χ4v) is 3.01. The largest absolute Gasteiger partial charge is 0.393 e. The molecule has 2 nitrogen and oxygen atoms in total. The number of fused-ring (bicyclic) bond motifs is 1. The number of carbonyl (C=O) groups is 1. The Morgan fingerprint density at radius 3 is 2.92 bits per heavy atom. The average molecular weight is 182 g/mol. The van der Waals surface area contributed by atoms with Crippen molar-refractivity contribution in [2.75, 3.05) is 0 Å². The van der Waals surface area contributed by atoms with Crippen LogP contribution in [0, 0.1) is 17.8 Å². The fraction of sp³-hybridized carbons (Fsp3) is 0.909. The van der Waals surface area contributed by atoms with Crippen LogP contribution in [0.2, 0.25) is 0 Å². The minimum absolute atomic E-state index is 0.199. The fourth-order valence-electron chi connectivity index (χ4n) is 3.01. The maximum absolute atomic E-state index is 11.5. The summed E-state index contributed by atoms with van der Waals surface area (Å²) < 4.78 is 0. The number of carbonyl (C=O) groups excluding carboxylic acids is 1. The minimum Gasteiger partial charge on any atom is -0.393 e. The molecule has 0 amide bonds. The normalized spacial score (nSPS) is 44.9. The number of aliphatic hydroxyl groups is 1. The molecule has 0 heterocycles. The second-order valence-electron chi connectivity index (χ2n) is 4.59. The number of hydrogen-bond acceptors (Lipinski definition) is 2. The van der Waals surface area contributed by atoms with E-state index >= 15 is 0 Å². The summed E-state index contributed by atoms with van der Waals surface area (Å²) in [4.78, 5) is 11.5. The van der Waals surface area contributed by atoms with E-state index < -0.39 is 0 Å². The smallest absolute Gasteiger partial charge is 0.136 e. The van der Waals surface area contributed by atoms with Crippen molar-refractivity contribution in [2.45, 2.75) is 45.1 Å². The topological polar surface area (TPSA) is 37.3 Å². The zero-order valence-electron chi connectivity index (χ0n) is 8.20. The van der Waals surface area contributed by atoms with Crippen LogP contribution in [0.3, 0.4) is 0 Å². The lowest BCUT2D eigenvalue weighted by atomic mass is 9.73. The van der Waals surface area contributed by atoms with Crippen LogP contribution in [0.15, 0.2) is 0 Å². The molecule has 0 aromatic rings. The van der Waals surface area contributed by atoms with Crippen molar-refractivity contribution in [1.82, 2.24) is 0 Å². The van der Waals surface area contributed by atoms with Crippen molar-refractivity contribution in [2.24, 2.45) is 17.8 Å². The van der Waals surface area contributed by atoms with E-state index in [4.69, 9.17) is 0 Å². The lowest BCUT2D eigenvalue weighted by molar-refractivity contribution is -0.124. The first-order valence-corrected chi connectivity index (χ1v) is 5.43. The maximum Gasteiger partial charge on any atom is 0.136 e. The molecule has 0 saturated heterocycles. The Morgan fingerprint density at radius 1 is 1.46 bits per heavy atom. The van der Waals surface area contributed by atoms with Crippen LogP contribution in [0.25, 0.3) is 0 Å². The summed E-state index contributed by atoms with van der Waals surface area (Å²) in [5.41, 5.74) is 0. The van der Waals surface area contributed by atoms with Crippen LogP contribution in [-0.2, 0) is 4.79 Å². The van der Waals surface area contributed by atoms with E-state index in [-0.39, 0.29) is 12.0 Å². The van der Waals surface area contributed by atoms with Crippen LogP contribution in [-0.4, -0.2) is 17.0 Å². The molecule has 0 spiro atoms. The predicted molar refractivity (Wildman–Crippen MR) is 50.2 cm³/mol. The first kappa shape index (κ1) is 9.20. The van der Waals surface area contributed by atoms with Crippen LogP contribution in [0.4, 0.5) is 0 Å². The van der Waals surface area contributed by atoms with Gasteiger partial charge in [-0.25, -0.2) is 0 Å². The van der Waals surface area contributed by atoms with E-state index in [0.717, 1.165) is 25.7 Å². The highest BCUT2D eigenvalue weighted by atomic mass is 16.3. The van der Waals surface area contributed by atoms with Crippen LogP contribution in [0.5, 0.6) is 0 Å². The monoisotopic (exact) mass is 182 g/mol. The Labute approximate surface area is 79.3 Å².